The lowest BCUT2D eigenvalue weighted by molar-refractivity contribution is 0.831. The predicted octanol–water partition coefficient (Wildman–Crippen LogP) is 8.87. The van der Waals surface area contributed by atoms with Crippen LogP contribution in [0.5, 0.6) is 0 Å². The minimum atomic E-state index is 0.461. The highest BCUT2D eigenvalue weighted by Crippen LogP contribution is 2.36. The van der Waals surface area contributed by atoms with E-state index in [0.717, 1.165) is 17.1 Å². The first-order valence-corrected chi connectivity index (χ1v) is 11.1. The van der Waals surface area contributed by atoms with Crippen molar-refractivity contribution in [3.63, 3.8) is 0 Å². The van der Waals surface area contributed by atoms with Gasteiger partial charge in [0.05, 0.1) is 0 Å². The van der Waals surface area contributed by atoms with E-state index < -0.39 is 0 Å². The average Bonchev–Trinajstić information content (AvgIpc) is 2.81. The Hall–Kier alpha value is -3.32. The molecule has 0 aliphatic carbocycles. The lowest BCUT2D eigenvalue weighted by Gasteiger charge is -2.25. The molecule has 0 aliphatic heterocycles. The van der Waals surface area contributed by atoms with Gasteiger partial charge in [-0.25, -0.2) is 0 Å². The van der Waals surface area contributed by atoms with Gasteiger partial charge in [0.2, 0.25) is 0 Å². The minimum Gasteiger partial charge on any atom is -0.311 e. The number of nitrogens with zero attached hydrogens (tertiary/aromatic N) is 1. The third-order valence-corrected chi connectivity index (χ3v) is 5.64. The van der Waals surface area contributed by atoms with Crippen LogP contribution in [0.4, 0.5) is 17.1 Å². The van der Waals surface area contributed by atoms with Crippen LogP contribution >= 0.6 is 0 Å². The van der Waals surface area contributed by atoms with Gasteiger partial charge in [-0.15, -0.1) is 0 Å². The molecule has 0 saturated heterocycles. The van der Waals surface area contributed by atoms with Gasteiger partial charge in [-0.05, 0) is 76.6 Å². The molecule has 31 heavy (non-hydrogen) atoms. The molecule has 0 heterocycles. The van der Waals surface area contributed by atoms with Crippen LogP contribution < -0.4 is 4.90 Å². The van der Waals surface area contributed by atoms with Gasteiger partial charge >= 0.3 is 0 Å². The zero-order valence-electron chi connectivity index (χ0n) is 18.8. The standard InChI is InChI=1S/C30H30N/c1-22(2)25-19-26(23(3)4)21-27(20-25)24-15-17-30(18-16-24)31(28-11-7-5-8-12-28)29-13-9-6-10-14-29/h5-18,20-23H,1-4H3. The Kier molecular flexibility index (Phi) is 6.23. The molecule has 4 aromatic rings. The summed E-state index contributed by atoms with van der Waals surface area (Å²) in [5.74, 6) is 0.923. The van der Waals surface area contributed by atoms with Crippen LogP contribution in [0.15, 0.2) is 97.1 Å². The van der Waals surface area contributed by atoms with Crippen molar-refractivity contribution in [1.82, 2.24) is 0 Å². The molecular formula is C30H30N. The van der Waals surface area contributed by atoms with Crippen molar-refractivity contribution in [2.75, 3.05) is 4.90 Å². The monoisotopic (exact) mass is 404 g/mol. The van der Waals surface area contributed by atoms with E-state index >= 15 is 0 Å². The van der Waals surface area contributed by atoms with Crippen LogP contribution in [-0.2, 0) is 0 Å². The fourth-order valence-electron chi connectivity index (χ4n) is 3.81. The van der Waals surface area contributed by atoms with E-state index in [-0.39, 0.29) is 0 Å². The van der Waals surface area contributed by atoms with Crippen molar-refractivity contribution >= 4 is 17.1 Å². The summed E-state index contributed by atoms with van der Waals surface area (Å²) in [6.45, 7) is 8.95. The second-order valence-electron chi connectivity index (χ2n) is 8.64. The molecule has 1 nitrogen and oxygen atoms in total. The largest absolute Gasteiger partial charge is 0.311 e. The van der Waals surface area contributed by atoms with Crippen LogP contribution in [0.2, 0.25) is 0 Å². The highest BCUT2D eigenvalue weighted by molar-refractivity contribution is 5.78. The fraction of sp³-hybridized carbons (Fsp3) is 0.200. The molecule has 0 atom stereocenters. The highest BCUT2D eigenvalue weighted by atomic mass is 15.1. The van der Waals surface area contributed by atoms with E-state index in [1.54, 1.807) is 0 Å². The molecule has 1 radical (unpaired) electrons. The van der Waals surface area contributed by atoms with Crippen LogP contribution in [0, 0.1) is 6.07 Å². The second-order valence-corrected chi connectivity index (χ2v) is 8.64. The number of hydrogen-bond donors (Lipinski definition) is 0. The Balaban J connectivity index is 1.75. The van der Waals surface area contributed by atoms with E-state index in [4.69, 9.17) is 0 Å². The number of para-hydroxylation sites is 2. The summed E-state index contributed by atoms with van der Waals surface area (Å²) < 4.78 is 0. The van der Waals surface area contributed by atoms with Gasteiger partial charge < -0.3 is 4.90 Å². The lowest BCUT2D eigenvalue weighted by atomic mass is 9.91. The summed E-state index contributed by atoms with van der Waals surface area (Å²) in [7, 11) is 0. The van der Waals surface area contributed by atoms with Crippen LogP contribution in [0.1, 0.15) is 50.7 Å². The summed E-state index contributed by atoms with van der Waals surface area (Å²) in [5, 5.41) is 0. The van der Waals surface area contributed by atoms with E-state index in [0.29, 0.717) is 11.8 Å². The van der Waals surface area contributed by atoms with Crippen molar-refractivity contribution in [2.45, 2.75) is 39.5 Å². The molecule has 155 valence electrons. The maximum atomic E-state index is 3.62. The third-order valence-electron chi connectivity index (χ3n) is 5.64. The first kappa shape index (κ1) is 20.9. The molecule has 1 heteroatoms. The molecule has 4 rings (SSSR count). The van der Waals surface area contributed by atoms with Gasteiger partial charge in [0.15, 0.2) is 0 Å². The predicted molar refractivity (Wildman–Crippen MR) is 134 cm³/mol. The maximum Gasteiger partial charge on any atom is 0.0462 e. The van der Waals surface area contributed by atoms with Crippen molar-refractivity contribution in [1.29, 1.82) is 0 Å². The fourth-order valence-corrected chi connectivity index (χ4v) is 3.81. The molecule has 4 aromatic carbocycles. The van der Waals surface area contributed by atoms with Crippen molar-refractivity contribution in [3.8, 4) is 11.1 Å². The molecule has 0 amide bonds. The molecular weight excluding hydrogens is 374 g/mol. The molecule has 0 aliphatic rings. The molecule has 0 aromatic heterocycles. The number of benzene rings is 4. The van der Waals surface area contributed by atoms with Crippen molar-refractivity contribution < 1.29 is 0 Å². The summed E-state index contributed by atoms with van der Waals surface area (Å²) in [5.41, 5.74) is 8.52. The first-order valence-electron chi connectivity index (χ1n) is 11.1. The third kappa shape index (κ3) is 4.72. The van der Waals surface area contributed by atoms with Gasteiger partial charge in [0, 0.05) is 17.1 Å². The molecule has 0 unspecified atom stereocenters. The van der Waals surface area contributed by atoms with E-state index in [1.165, 1.54) is 22.3 Å². The van der Waals surface area contributed by atoms with Gasteiger partial charge in [-0.3, -0.25) is 0 Å². The van der Waals surface area contributed by atoms with E-state index in [9.17, 15) is 0 Å². The van der Waals surface area contributed by atoms with Gasteiger partial charge in [-0.2, -0.15) is 0 Å². The molecule has 0 spiro atoms. The smallest absolute Gasteiger partial charge is 0.0462 e. The first-order chi connectivity index (χ1) is 15.0. The van der Waals surface area contributed by atoms with Gasteiger partial charge in [0.25, 0.3) is 0 Å². The Bertz CT molecular complexity index is 1040. The van der Waals surface area contributed by atoms with E-state index in [1.807, 2.05) is 0 Å². The second kappa shape index (κ2) is 9.22. The summed E-state index contributed by atoms with van der Waals surface area (Å²) in [4.78, 5) is 2.29. The van der Waals surface area contributed by atoms with Gasteiger partial charge in [-0.1, -0.05) is 88.4 Å². The quantitative estimate of drug-likeness (QED) is 0.310. The van der Waals surface area contributed by atoms with Crippen molar-refractivity contribution in [3.05, 3.63) is 114 Å². The topological polar surface area (TPSA) is 3.24 Å². The molecule has 0 bridgehead atoms. The van der Waals surface area contributed by atoms with Crippen LogP contribution in [0.25, 0.3) is 11.1 Å². The lowest BCUT2D eigenvalue weighted by Crippen LogP contribution is -2.09. The molecule has 0 saturated carbocycles. The molecule has 0 N–H and O–H groups in total. The van der Waals surface area contributed by atoms with Crippen LogP contribution in [-0.4, -0.2) is 0 Å². The zero-order valence-corrected chi connectivity index (χ0v) is 18.8. The summed E-state index contributed by atoms with van der Waals surface area (Å²) >= 11 is 0. The zero-order chi connectivity index (χ0) is 21.8. The number of hydrogen-bond acceptors (Lipinski definition) is 1. The SMILES string of the molecule is CC(C)c1[c]c(C(C)C)cc(-c2ccc(N(c3ccccc3)c3ccccc3)cc2)c1. The summed E-state index contributed by atoms with van der Waals surface area (Å²) in [6.07, 6.45) is 0. The van der Waals surface area contributed by atoms with Gasteiger partial charge in [0.1, 0.15) is 0 Å². The van der Waals surface area contributed by atoms with Crippen LogP contribution in [0.3, 0.4) is 0 Å². The Morgan fingerprint density at radius 2 is 0.935 bits per heavy atom. The Morgan fingerprint density at radius 1 is 0.516 bits per heavy atom. The number of rotatable bonds is 6. The number of anilines is 3. The average molecular weight is 405 g/mol. The Labute approximate surface area is 187 Å². The minimum absolute atomic E-state index is 0.461. The van der Waals surface area contributed by atoms with E-state index in [2.05, 4.69) is 136 Å². The van der Waals surface area contributed by atoms with Crippen molar-refractivity contribution in [2.24, 2.45) is 0 Å². The highest BCUT2D eigenvalue weighted by Gasteiger charge is 2.13. The Morgan fingerprint density at radius 3 is 1.35 bits per heavy atom. The summed E-state index contributed by atoms with van der Waals surface area (Å²) in [6, 6.07) is 38.2. The normalized spacial score (nSPS) is 11.2. The maximum absolute atomic E-state index is 3.62. The molecule has 0 fully saturated rings.